The number of anilines is 2. The normalized spacial score (nSPS) is 15.3. The van der Waals surface area contributed by atoms with Gasteiger partial charge in [-0.25, -0.2) is 9.66 Å². The average molecular weight is 315 g/mol. The van der Waals surface area contributed by atoms with Gasteiger partial charge in [0.25, 0.3) is 0 Å². The molecule has 122 valence electrons. The van der Waals surface area contributed by atoms with Crippen LogP contribution in [0.25, 0.3) is 0 Å². The largest absolute Gasteiger partial charge is 0.496 e. The maximum atomic E-state index is 5.79. The molecule has 7 nitrogen and oxygen atoms in total. The fourth-order valence-electron chi connectivity index (χ4n) is 2.55. The van der Waals surface area contributed by atoms with Gasteiger partial charge in [-0.1, -0.05) is 0 Å². The highest BCUT2D eigenvalue weighted by Gasteiger charge is 2.13. The molecule has 0 bridgehead atoms. The average Bonchev–Trinajstić information content (AvgIpc) is 2.91. The van der Waals surface area contributed by atoms with E-state index in [2.05, 4.69) is 21.1 Å². The van der Waals surface area contributed by atoms with Crippen molar-refractivity contribution < 1.29 is 9.47 Å². The van der Waals surface area contributed by atoms with E-state index >= 15 is 0 Å². The Balaban J connectivity index is 1.83. The van der Waals surface area contributed by atoms with Crippen molar-refractivity contribution in [1.82, 2.24) is 9.66 Å². The van der Waals surface area contributed by atoms with Crippen LogP contribution in [0.1, 0.15) is 11.3 Å². The Kier molecular flexibility index (Phi) is 4.47. The van der Waals surface area contributed by atoms with Crippen LogP contribution in [0.4, 0.5) is 11.6 Å². The fraction of sp³-hybridized carbons (Fsp3) is 0.375. The molecule has 0 aliphatic carbocycles. The number of aromatic nitrogens is 2. The van der Waals surface area contributed by atoms with Crippen molar-refractivity contribution in [2.24, 2.45) is 5.10 Å². The lowest BCUT2D eigenvalue weighted by molar-refractivity contribution is 0.122. The first-order valence-electron chi connectivity index (χ1n) is 7.54. The van der Waals surface area contributed by atoms with Crippen molar-refractivity contribution in [3.8, 4) is 5.75 Å². The molecule has 3 rings (SSSR count). The molecule has 1 fully saturated rings. The van der Waals surface area contributed by atoms with Gasteiger partial charge in [0, 0.05) is 30.4 Å². The van der Waals surface area contributed by atoms with Gasteiger partial charge in [-0.2, -0.15) is 5.10 Å². The minimum Gasteiger partial charge on any atom is -0.496 e. The topological polar surface area (TPSA) is 77.9 Å². The van der Waals surface area contributed by atoms with Gasteiger partial charge in [-0.3, -0.25) is 0 Å². The van der Waals surface area contributed by atoms with Gasteiger partial charge in [-0.05, 0) is 19.1 Å². The second kappa shape index (κ2) is 6.70. The molecule has 7 heteroatoms. The molecule has 2 heterocycles. The van der Waals surface area contributed by atoms with Gasteiger partial charge < -0.3 is 20.1 Å². The smallest absolute Gasteiger partial charge is 0.221 e. The van der Waals surface area contributed by atoms with Crippen LogP contribution >= 0.6 is 0 Å². The van der Waals surface area contributed by atoms with Crippen LogP contribution in [-0.4, -0.2) is 49.3 Å². The lowest BCUT2D eigenvalue weighted by atomic mass is 10.1. The summed E-state index contributed by atoms with van der Waals surface area (Å²) in [5.74, 6) is 1.14. The molecule has 1 aromatic carbocycles. The van der Waals surface area contributed by atoms with E-state index in [1.54, 1.807) is 24.2 Å². The first-order valence-corrected chi connectivity index (χ1v) is 7.54. The number of rotatable bonds is 4. The molecule has 0 saturated carbocycles. The molecule has 2 aromatic rings. The molecule has 0 radical (unpaired) electrons. The summed E-state index contributed by atoms with van der Waals surface area (Å²) in [4.78, 5) is 6.40. The Morgan fingerprint density at radius 2 is 2.13 bits per heavy atom. The van der Waals surface area contributed by atoms with E-state index in [-0.39, 0.29) is 0 Å². The molecule has 1 aliphatic heterocycles. The van der Waals surface area contributed by atoms with Gasteiger partial charge in [-0.15, -0.1) is 0 Å². The highest BCUT2D eigenvalue weighted by molar-refractivity contribution is 5.84. The number of nitrogen functional groups attached to an aromatic ring is 1. The number of hydrogen-bond acceptors (Lipinski definition) is 6. The Morgan fingerprint density at radius 3 is 2.78 bits per heavy atom. The van der Waals surface area contributed by atoms with E-state index in [1.165, 1.54) is 0 Å². The Morgan fingerprint density at radius 1 is 1.35 bits per heavy atom. The summed E-state index contributed by atoms with van der Waals surface area (Å²) in [6.07, 6.45) is 3.50. The fourth-order valence-corrected chi connectivity index (χ4v) is 2.55. The second-order valence-electron chi connectivity index (χ2n) is 5.36. The number of ether oxygens (including phenoxy) is 2. The highest BCUT2D eigenvalue weighted by Crippen LogP contribution is 2.25. The van der Waals surface area contributed by atoms with E-state index in [0.29, 0.717) is 5.95 Å². The van der Waals surface area contributed by atoms with E-state index in [9.17, 15) is 0 Å². The van der Waals surface area contributed by atoms with Gasteiger partial charge >= 0.3 is 0 Å². The van der Waals surface area contributed by atoms with Crippen LogP contribution in [0.5, 0.6) is 5.75 Å². The first-order chi connectivity index (χ1) is 11.2. The molecule has 0 amide bonds. The summed E-state index contributed by atoms with van der Waals surface area (Å²) < 4.78 is 12.4. The van der Waals surface area contributed by atoms with Gasteiger partial charge in [0.15, 0.2) is 0 Å². The molecule has 0 unspecified atom stereocenters. The summed E-state index contributed by atoms with van der Waals surface area (Å²) in [6, 6.07) is 6.08. The summed E-state index contributed by atoms with van der Waals surface area (Å²) >= 11 is 0. The zero-order valence-electron chi connectivity index (χ0n) is 13.4. The van der Waals surface area contributed by atoms with Crippen molar-refractivity contribution in [2.45, 2.75) is 6.92 Å². The molecule has 2 N–H and O–H groups in total. The van der Waals surface area contributed by atoms with Gasteiger partial charge in [0.05, 0.1) is 38.4 Å². The van der Waals surface area contributed by atoms with E-state index in [4.69, 9.17) is 15.2 Å². The maximum Gasteiger partial charge on any atom is 0.221 e. The zero-order valence-corrected chi connectivity index (χ0v) is 13.4. The molecule has 1 aliphatic rings. The highest BCUT2D eigenvalue weighted by atomic mass is 16.5. The number of nitrogens with zero attached hydrogens (tertiary/aromatic N) is 4. The standard InChI is InChI=1S/C16H21N5O2/c1-12-11-21(16(17)19-12)18-10-13-3-4-14(9-15(13)22-2)20-5-7-23-8-6-20/h3-4,9-11H,5-8H2,1-2H3,(H2,17,19). The molecule has 0 spiro atoms. The molecule has 23 heavy (non-hydrogen) atoms. The number of hydrogen-bond donors (Lipinski definition) is 1. The summed E-state index contributed by atoms with van der Waals surface area (Å²) in [5.41, 5.74) is 8.62. The van der Waals surface area contributed by atoms with Crippen LogP contribution in [0.15, 0.2) is 29.5 Å². The van der Waals surface area contributed by atoms with Crippen LogP contribution in [-0.2, 0) is 4.74 Å². The SMILES string of the molecule is COc1cc(N2CCOCC2)ccc1C=Nn1cc(C)nc1N. The third-order valence-corrected chi connectivity index (χ3v) is 3.75. The quantitative estimate of drug-likeness (QED) is 0.865. The van der Waals surface area contributed by atoms with Crippen LogP contribution < -0.4 is 15.4 Å². The molecule has 1 aromatic heterocycles. The molecule has 0 atom stereocenters. The number of morpholine rings is 1. The Bertz CT molecular complexity index is 704. The van der Waals surface area contributed by atoms with Crippen molar-refractivity contribution in [3.05, 3.63) is 35.7 Å². The van der Waals surface area contributed by atoms with Crippen molar-refractivity contribution in [2.75, 3.05) is 44.0 Å². The van der Waals surface area contributed by atoms with Gasteiger partial charge in [0.2, 0.25) is 5.95 Å². The van der Waals surface area contributed by atoms with Crippen molar-refractivity contribution >= 4 is 17.9 Å². The first kappa shape index (κ1) is 15.4. The van der Waals surface area contributed by atoms with Crippen LogP contribution in [0.2, 0.25) is 0 Å². The lowest BCUT2D eigenvalue weighted by Gasteiger charge is -2.29. The Labute approximate surface area is 135 Å². The van der Waals surface area contributed by atoms with Crippen molar-refractivity contribution in [3.63, 3.8) is 0 Å². The number of nitrogens with two attached hydrogens (primary N) is 1. The van der Waals surface area contributed by atoms with Gasteiger partial charge in [0.1, 0.15) is 5.75 Å². The monoisotopic (exact) mass is 315 g/mol. The molecule has 1 saturated heterocycles. The predicted molar refractivity (Wildman–Crippen MR) is 90.4 cm³/mol. The minimum absolute atomic E-state index is 0.364. The van der Waals surface area contributed by atoms with E-state index < -0.39 is 0 Å². The maximum absolute atomic E-state index is 5.79. The third kappa shape index (κ3) is 3.45. The van der Waals surface area contributed by atoms with E-state index in [0.717, 1.165) is 49.0 Å². The zero-order chi connectivity index (χ0) is 16.2. The van der Waals surface area contributed by atoms with Crippen LogP contribution in [0, 0.1) is 6.92 Å². The minimum atomic E-state index is 0.364. The van der Waals surface area contributed by atoms with Crippen LogP contribution in [0.3, 0.4) is 0 Å². The number of methoxy groups -OCH3 is 1. The number of benzene rings is 1. The third-order valence-electron chi connectivity index (χ3n) is 3.75. The van der Waals surface area contributed by atoms with Crippen molar-refractivity contribution in [1.29, 1.82) is 0 Å². The summed E-state index contributed by atoms with van der Waals surface area (Å²) in [7, 11) is 1.66. The lowest BCUT2D eigenvalue weighted by Crippen LogP contribution is -2.36. The summed E-state index contributed by atoms with van der Waals surface area (Å²) in [5, 5.41) is 4.34. The Hall–Kier alpha value is -2.54. The molecular formula is C16H21N5O2. The second-order valence-corrected chi connectivity index (χ2v) is 5.36. The molecular weight excluding hydrogens is 294 g/mol. The predicted octanol–water partition coefficient (Wildman–Crippen LogP) is 1.50. The number of imidazole rings is 1. The van der Waals surface area contributed by atoms with E-state index in [1.807, 2.05) is 19.1 Å². The summed E-state index contributed by atoms with van der Waals surface area (Å²) in [6.45, 7) is 5.17. The number of aryl methyl sites for hydroxylation is 1.